The molecule has 3 aromatic rings. The van der Waals surface area contributed by atoms with Gasteiger partial charge in [0.25, 0.3) is 5.91 Å². The van der Waals surface area contributed by atoms with Crippen LogP contribution in [0.4, 0.5) is 16.2 Å². The number of rotatable bonds is 10. The molecule has 0 aromatic heterocycles. The summed E-state index contributed by atoms with van der Waals surface area (Å²) in [5, 5.41) is 6.01. The number of benzene rings is 3. The van der Waals surface area contributed by atoms with Gasteiger partial charge in [-0.25, -0.2) is 4.79 Å². The van der Waals surface area contributed by atoms with Gasteiger partial charge in [-0.05, 0) is 67.1 Å². The monoisotopic (exact) mass is 599 g/mol. The van der Waals surface area contributed by atoms with Crippen molar-refractivity contribution in [2.45, 2.75) is 38.1 Å². The van der Waals surface area contributed by atoms with Crippen LogP contribution >= 0.6 is 0 Å². The Kier molecular flexibility index (Phi) is 9.57. The summed E-state index contributed by atoms with van der Waals surface area (Å²) in [4.78, 5) is 45.8. The molecule has 2 fully saturated rings. The van der Waals surface area contributed by atoms with Gasteiger partial charge < -0.3 is 34.8 Å². The van der Waals surface area contributed by atoms with Crippen LogP contribution in [-0.2, 0) is 22.4 Å². The second kappa shape index (κ2) is 13.7. The predicted molar refractivity (Wildman–Crippen MR) is 170 cm³/mol. The molecule has 2 aliphatic heterocycles. The maximum atomic E-state index is 14.0. The molecule has 2 aliphatic rings. The first-order valence-corrected chi connectivity index (χ1v) is 15.1. The topological polar surface area (TPSA) is 103 Å². The molecule has 10 nitrogen and oxygen atoms in total. The molecular formula is C34H41N5O5. The molecule has 4 amide bonds. The fourth-order valence-electron chi connectivity index (χ4n) is 6.16. The van der Waals surface area contributed by atoms with Crippen LogP contribution in [0.15, 0.2) is 72.8 Å². The Morgan fingerprint density at radius 2 is 1.61 bits per heavy atom. The van der Waals surface area contributed by atoms with E-state index in [2.05, 4.69) is 22.5 Å². The number of methoxy groups -OCH3 is 2. The van der Waals surface area contributed by atoms with Crippen LogP contribution < -0.4 is 25.0 Å². The first-order valence-electron chi connectivity index (χ1n) is 15.1. The van der Waals surface area contributed by atoms with Crippen molar-refractivity contribution in [1.82, 2.24) is 15.1 Å². The lowest BCUT2D eigenvalue weighted by Crippen LogP contribution is -2.58. The number of hydrogen-bond donors (Lipinski definition) is 2. The van der Waals surface area contributed by atoms with Crippen LogP contribution in [0.5, 0.6) is 11.5 Å². The zero-order valence-electron chi connectivity index (χ0n) is 25.7. The molecule has 2 heterocycles. The summed E-state index contributed by atoms with van der Waals surface area (Å²) in [6, 6.07) is 23.1. The van der Waals surface area contributed by atoms with Crippen molar-refractivity contribution in [3.8, 4) is 11.5 Å². The molecule has 5 rings (SSSR count). The van der Waals surface area contributed by atoms with Gasteiger partial charge in [0.05, 0.1) is 20.9 Å². The summed E-state index contributed by atoms with van der Waals surface area (Å²) in [6.45, 7) is 3.62. The first-order chi connectivity index (χ1) is 21.4. The minimum atomic E-state index is -0.820. The highest BCUT2D eigenvalue weighted by Crippen LogP contribution is 2.39. The van der Waals surface area contributed by atoms with E-state index >= 15 is 0 Å². The molecule has 10 heteroatoms. The van der Waals surface area contributed by atoms with Crippen LogP contribution in [0.3, 0.4) is 0 Å². The standard InChI is InChI=1S/C34H41N5O5/c1-4-26-10-8-9-13-28(26)36-33(42)37-20-17-34(18-21-37)32(41)38(24-39(34)27-11-6-5-7-12-27)23-31(40)35-19-16-25-14-15-29(43-2)30(22-25)44-3/h5-15,22H,4,16-21,23-24H2,1-3H3,(H,35,40)(H,36,42). The summed E-state index contributed by atoms with van der Waals surface area (Å²) in [6.07, 6.45) is 2.38. The number of urea groups is 1. The third kappa shape index (κ3) is 6.44. The predicted octanol–water partition coefficient (Wildman–Crippen LogP) is 4.30. The highest BCUT2D eigenvalue weighted by atomic mass is 16.5. The fraction of sp³-hybridized carbons (Fsp3) is 0.382. The van der Waals surface area contributed by atoms with Gasteiger partial charge in [-0.2, -0.15) is 0 Å². The number of amides is 4. The van der Waals surface area contributed by atoms with E-state index in [9.17, 15) is 14.4 Å². The quantitative estimate of drug-likeness (QED) is 0.360. The Balaban J connectivity index is 1.22. The van der Waals surface area contributed by atoms with Crippen molar-refractivity contribution in [1.29, 1.82) is 0 Å². The smallest absolute Gasteiger partial charge is 0.321 e. The molecule has 0 bridgehead atoms. The number of carbonyl (C=O) groups excluding carboxylic acids is 3. The van der Waals surface area contributed by atoms with Crippen LogP contribution in [0.25, 0.3) is 0 Å². The Hall–Kier alpha value is -4.73. The Morgan fingerprint density at radius 1 is 0.909 bits per heavy atom. The molecular weight excluding hydrogens is 558 g/mol. The van der Waals surface area contributed by atoms with Crippen LogP contribution in [0.2, 0.25) is 0 Å². The van der Waals surface area contributed by atoms with E-state index in [0.717, 1.165) is 28.9 Å². The Labute approximate surface area is 258 Å². The summed E-state index contributed by atoms with van der Waals surface area (Å²) in [7, 11) is 3.18. The molecule has 2 saturated heterocycles. The van der Waals surface area contributed by atoms with E-state index in [-0.39, 0.29) is 24.4 Å². The molecule has 0 atom stereocenters. The van der Waals surface area contributed by atoms with Crippen molar-refractivity contribution in [2.75, 3.05) is 57.3 Å². The summed E-state index contributed by atoms with van der Waals surface area (Å²) in [5.74, 6) is 1.00. The van der Waals surface area contributed by atoms with Gasteiger partial charge in [0.1, 0.15) is 12.1 Å². The molecule has 2 N–H and O–H groups in total. The SMILES string of the molecule is CCc1ccccc1NC(=O)N1CCC2(CC1)C(=O)N(CC(=O)NCCc1ccc(OC)c(OC)c1)CN2c1ccccc1. The zero-order chi connectivity index (χ0) is 31.1. The van der Waals surface area contributed by atoms with Gasteiger partial charge in [0.2, 0.25) is 5.91 Å². The number of likely N-dealkylation sites (tertiary alicyclic amines) is 1. The van der Waals surface area contributed by atoms with E-state index in [1.807, 2.05) is 72.8 Å². The number of hydrogen-bond acceptors (Lipinski definition) is 6. The van der Waals surface area contributed by atoms with Crippen molar-refractivity contribution in [2.24, 2.45) is 0 Å². The second-order valence-corrected chi connectivity index (χ2v) is 11.2. The number of ether oxygens (including phenoxy) is 2. The maximum Gasteiger partial charge on any atom is 0.321 e. The number of nitrogens with zero attached hydrogens (tertiary/aromatic N) is 3. The van der Waals surface area contributed by atoms with Gasteiger partial charge in [-0.15, -0.1) is 0 Å². The highest BCUT2D eigenvalue weighted by Gasteiger charge is 2.54. The lowest BCUT2D eigenvalue weighted by molar-refractivity contribution is -0.137. The third-order valence-corrected chi connectivity index (χ3v) is 8.62. The molecule has 3 aromatic carbocycles. The normalized spacial score (nSPS) is 15.8. The first kappa shape index (κ1) is 30.7. The third-order valence-electron chi connectivity index (χ3n) is 8.62. The lowest BCUT2D eigenvalue weighted by atomic mass is 9.85. The number of aryl methyl sites for hydroxylation is 1. The molecule has 44 heavy (non-hydrogen) atoms. The zero-order valence-corrected chi connectivity index (χ0v) is 25.7. The van der Waals surface area contributed by atoms with Gasteiger partial charge in [0, 0.05) is 31.0 Å². The number of para-hydroxylation sites is 2. The van der Waals surface area contributed by atoms with Crippen LogP contribution in [0.1, 0.15) is 30.9 Å². The minimum Gasteiger partial charge on any atom is -0.493 e. The summed E-state index contributed by atoms with van der Waals surface area (Å²) >= 11 is 0. The van der Waals surface area contributed by atoms with Gasteiger partial charge in [-0.1, -0.05) is 49.4 Å². The highest BCUT2D eigenvalue weighted by molar-refractivity contribution is 5.97. The largest absolute Gasteiger partial charge is 0.493 e. The van der Waals surface area contributed by atoms with E-state index in [1.54, 1.807) is 24.0 Å². The molecule has 1 spiro atoms. The van der Waals surface area contributed by atoms with Gasteiger partial charge in [-0.3, -0.25) is 9.59 Å². The lowest BCUT2D eigenvalue weighted by Gasteiger charge is -2.43. The minimum absolute atomic E-state index is 0.0339. The van der Waals surface area contributed by atoms with Crippen LogP contribution in [0, 0.1) is 0 Å². The van der Waals surface area contributed by atoms with E-state index in [0.29, 0.717) is 57.1 Å². The van der Waals surface area contributed by atoms with Crippen molar-refractivity contribution in [3.63, 3.8) is 0 Å². The van der Waals surface area contributed by atoms with E-state index < -0.39 is 5.54 Å². The number of anilines is 2. The molecule has 0 aliphatic carbocycles. The molecule has 0 radical (unpaired) electrons. The maximum absolute atomic E-state index is 14.0. The van der Waals surface area contributed by atoms with Crippen molar-refractivity contribution < 1.29 is 23.9 Å². The summed E-state index contributed by atoms with van der Waals surface area (Å²) in [5.41, 5.74) is 2.99. The average Bonchev–Trinajstić information content (AvgIpc) is 3.31. The summed E-state index contributed by atoms with van der Waals surface area (Å²) < 4.78 is 10.7. The number of carbonyl (C=O) groups is 3. The number of nitrogens with one attached hydrogen (secondary N) is 2. The van der Waals surface area contributed by atoms with Crippen molar-refractivity contribution >= 4 is 29.2 Å². The average molecular weight is 600 g/mol. The fourth-order valence-corrected chi connectivity index (χ4v) is 6.16. The second-order valence-electron chi connectivity index (χ2n) is 11.2. The van der Waals surface area contributed by atoms with Crippen LogP contribution in [-0.4, -0.2) is 80.3 Å². The number of piperidine rings is 1. The molecule has 0 saturated carbocycles. The van der Waals surface area contributed by atoms with Crippen molar-refractivity contribution in [3.05, 3.63) is 83.9 Å². The van der Waals surface area contributed by atoms with Gasteiger partial charge in [0.15, 0.2) is 11.5 Å². The Bertz CT molecular complexity index is 1470. The molecule has 232 valence electrons. The van der Waals surface area contributed by atoms with Gasteiger partial charge >= 0.3 is 6.03 Å². The Morgan fingerprint density at radius 3 is 2.32 bits per heavy atom. The van der Waals surface area contributed by atoms with E-state index in [4.69, 9.17) is 9.47 Å². The van der Waals surface area contributed by atoms with E-state index in [1.165, 1.54) is 0 Å². The molecule has 0 unspecified atom stereocenters.